The van der Waals surface area contributed by atoms with E-state index in [0.29, 0.717) is 0 Å². The quantitative estimate of drug-likeness (QED) is 0.430. The Kier molecular flexibility index (Phi) is 6.03. The summed E-state index contributed by atoms with van der Waals surface area (Å²) in [7, 11) is 0. The van der Waals surface area contributed by atoms with Gasteiger partial charge in [-0.1, -0.05) is 97.9 Å². The van der Waals surface area contributed by atoms with Gasteiger partial charge in [0.25, 0.3) is 0 Å². The highest BCUT2D eigenvalue weighted by molar-refractivity contribution is 5.50. The van der Waals surface area contributed by atoms with Crippen molar-refractivity contribution in [3.8, 4) is 0 Å². The monoisotopic (exact) mass is 329 g/mol. The minimum absolute atomic E-state index is 0.134. The van der Waals surface area contributed by atoms with Crippen LogP contribution in [-0.2, 0) is 5.41 Å². The molecule has 0 radical (unpaired) electrons. The Hall–Kier alpha value is -2.38. The minimum atomic E-state index is -0.134. The van der Waals surface area contributed by atoms with Crippen LogP contribution < -0.4 is 5.32 Å². The maximum Gasteiger partial charge on any atom is 0.0463 e. The van der Waals surface area contributed by atoms with Crippen LogP contribution in [0.15, 0.2) is 91.0 Å². The van der Waals surface area contributed by atoms with E-state index in [1.807, 2.05) is 0 Å². The molecule has 0 amide bonds. The summed E-state index contributed by atoms with van der Waals surface area (Å²) in [5.74, 6) is 0. The van der Waals surface area contributed by atoms with Crippen LogP contribution in [0.1, 0.15) is 36.5 Å². The molecule has 0 atom stereocenters. The number of benzene rings is 3. The van der Waals surface area contributed by atoms with Crippen molar-refractivity contribution in [2.45, 2.75) is 25.2 Å². The standard InChI is InChI=1S/C24H27N/c1-2-19-25-20-18-24(21-12-6-3-7-13-21,22-14-8-4-9-15-22)23-16-10-5-11-17-23/h3-17,25H,2,18-20H2,1H3. The van der Waals surface area contributed by atoms with Crippen molar-refractivity contribution in [1.82, 2.24) is 5.32 Å². The van der Waals surface area contributed by atoms with Gasteiger partial charge in [-0.15, -0.1) is 0 Å². The van der Waals surface area contributed by atoms with Crippen molar-refractivity contribution in [2.75, 3.05) is 13.1 Å². The minimum Gasteiger partial charge on any atom is -0.317 e. The van der Waals surface area contributed by atoms with Crippen LogP contribution in [0.25, 0.3) is 0 Å². The van der Waals surface area contributed by atoms with Gasteiger partial charge in [-0.05, 0) is 42.6 Å². The lowest BCUT2D eigenvalue weighted by molar-refractivity contribution is 0.519. The molecule has 3 aromatic carbocycles. The molecule has 128 valence electrons. The predicted molar refractivity (Wildman–Crippen MR) is 107 cm³/mol. The smallest absolute Gasteiger partial charge is 0.0463 e. The summed E-state index contributed by atoms with van der Waals surface area (Å²) >= 11 is 0. The van der Waals surface area contributed by atoms with Gasteiger partial charge in [-0.3, -0.25) is 0 Å². The van der Waals surface area contributed by atoms with E-state index in [2.05, 4.69) is 103 Å². The highest BCUT2D eigenvalue weighted by Gasteiger charge is 2.35. The van der Waals surface area contributed by atoms with Crippen molar-refractivity contribution in [3.63, 3.8) is 0 Å². The summed E-state index contributed by atoms with van der Waals surface area (Å²) in [6.45, 7) is 4.27. The molecule has 1 N–H and O–H groups in total. The topological polar surface area (TPSA) is 12.0 Å². The summed E-state index contributed by atoms with van der Waals surface area (Å²) in [6, 6.07) is 32.8. The fourth-order valence-electron chi connectivity index (χ4n) is 3.68. The van der Waals surface area contributed by atoms with Crippen molar-refractivity contribution in [1.29, 1.82) is 0 Å². The Morgan fingerprint density at radius 2 is 1.00 bits per heavy atom. The molecule has 0 unspecified atom stereocenters. The number of nitrogens with one attached hydrogen (secondary N) is 1. The van der Waals surface area contributed by atoms with Gasteiger partial charge < -0.3 is 5.32 Å². The average molecular weight is 329 g/mol. The molecule has 0 saturated heterocycles. The lowest BCUT2D eigenvalue weighted by Gasteiger charge is -2.36. The summed E-state index contributed by atoms with van der Waals surface area (Å²) in [6.07, 6.45) is 2.19. The first-order valence-corrected chi connectivity index (χ1v) is 9.25. The van der Waals surface area contributed by atoms with Gasteiger partial charge in [0.1, 0.15) is 0 Å². The number of rotatable bonds is 8. The zero-order chi connectivity index (χ0) is 17.4. The normalized spacial score (nSPS) is 11.4. The molecule has 0 saturated carbocycles. The first-order chi connectivity index (χ1) is 12.4. The van der Waals surface area contributed by atoms with Gasteiger partial charge in [0, 0.05) is 5.41 Å². The van der Waals surface area contributed by atoms with E-state index in [4.69, 9.17) is 0 Å². The van der Waals surface area contributed by atoms with E-state index in [0.717, 1.165) is 25.9 Å². The third kappa shape index (κ3) is 3.83. The molecule has 0 aliphatic rings. The van der Waals surface area contributed by atoms with E-state index in [9.17, 15) is 0 Å². The average Bonchev–Trinajstić information content (AvgIpc) is 2.70. The van der Waals surface area contributed by atoms with Gasteiger partial charge in [0.2, 0.25) is 0 Å². The Balaban J connectivity index is 2.13. The molecule has 3 aromatic rings. The Bertz CT molecular complexity index is 638. The Morgan fingerprint density at radius 1 is 0.600 bits per heavy atom. The van der Waals surface area contributed by atoms with Crippen molar-refractivity contribution < 1.29 is 0 Å². The lowest BCUT2D eigenvalue weighted by atomic mass is 9.67. The van der Waals surface area contributed by atoms with Crippen molar-refractivity contribution >= 4 is 0 Å². The van der Waals surface area contributed by atoms with Crippen molar-refractivity contribution in [2.24, 2.45) is 0 Å². The largest absolute Gasteiger partial charge is 0.317 e. The van der Waals surface area contributed by atoms with Crippen LogP contribution >= 0.6 is 0 Å². The molecule has 0 spiro atoms. The highest BCUT2D eigenvalue weighted by Crippen LogP contribution is 2.41. The molecule has 0 heterocycles. The summed E-state index contributed by atoms with van der Waals surface area (Å²) < 4.78 is 0. The van der Waals surface area contributed by atoms with Gasteiger partial charge in [-0.25, -0.2) is 0 Å². The maximum atomic E-state index is 3.60. The molecular formula is C24H27N. The molecule has 0 aliphatic carbocycles. The summed E-state index contributed by atoms with van der Waals surface area (Å²) in [4.78, 5) is 0. The predicted octanol–water partition coefficient (Wildman–Crippen LogP) is 5.41. The van der Waals surface area contributed by atoms with Crippen LogP contribution in [0.4, 0.5) is 0 Å². The van der Waals surface area contributed by atoms with Gasteiger partial charge in [-0.2, -0.15) is 0 Å². The van der Waals surface area contributed by atoms with E-state index < -0.39 is 0 Å². The molecular weight excluding hydrogens is 302 g/mol. The van der Waals surface area contributed by atoms with E-state index >= 15 is 0 Å². The summed E-state index contributed by atoms with van der Waals surface area (Å²) in [5.41, 5.74) is 3.92. The fraction of sp³-hybridized carbons (Fsp3) is 0.250. The first-order valence-electron chi connectivity index (χ1n) is 9.25. The third-order valence-corrected chi connectivity index (χ3v) is 4.90. The second kappa shape index (κ2) is 8.64. The SMILES string of the molecule is CCCNCCC(c1ccccc1)(c1ccccc1)c1ccccc1. The second-order valence-corrected chi connectivity index (χ2v) is 6.50. The van der Waals surface area contributed by atoms with E-state index in [1.54, 1.807) is 0 Å². The van der Waals surface area contributed by atoms with E-state index in [1.165, 1.54) is 16.7 Å². The third-order valence-electron chi connectivity index (χ3n) is 4.90. The van der Waals surface area contributed by atoms with Crippen LogP contribution in [0.5, 0.6) is 0 Å². The fourth-order valence-corrected chi connectivity index (χ4v) is 3.68. The zero-order valence-electron chi connectivity index (χ0n) is 15.0. The number of hydrogen-bond acceptors (Lipinski definition) is 1. The van der Waals surface area contributed by atoms with Gasteiger partial charge in [0.05, 0.1) is 0 Å². The molecule has 25 heavy (non-hydrogen) atoms. The van der Waals surface area contributed by atoms with Crippen LogP contribution in [0.2, 0.25) is 0 Å². The first kappa shape index (κ1) is 17.4. The lowest BCUT2D eigenvalue weighted by Crippen LogP contribution is -2.33. The van der Waals surface area contributed by atoms with Crippen LogP contribution in [-0.4, -0.2) is 13.1 Å². The molecule has 0 fully saturated rings. The molecule has 0 bridgehead atoms. The number of hydrogen-bond donors (Lipinski definition) is 1. The zero-order valence-corrected chi connectivity index (χ0v) is 15.0. The molecule has 3 rings (SSSR count). The van der Waals surface area contributed by atoms with Crippen LogP contribution in [0.3, 0.4) is 0 Å². The molecule has 1 heteroatoms. The summed E-state index contributed by atoms with van der Waals surface area (Å²) in [5, 5.41) is 3.60. The second-order valence-electron chi connectivity index (χ2n) is 6.50. The van der Waals surface area contributed by atoms with Crippen molar-refractivity contribution in [3.05, 3.63) is 108 Å². The van der Waals surface area contributed by atoms with Gasteiger partial charge in [0.15, 0.2) is 0 Å². The van der Waals surface area contributed by atoms with E-state index in [-0.39, 0.29) is 5.41 Å². The van der Waals surface area contributed by atoms with Gasteiger partial charge >= 0.3 is 0 Å². The Labute approximate surface area is 151 Å². The Morgan fingerprint density at radius 3 is 1.36 bits per heavy atom. The molecule has 1 nitrogen and oxygen atoms in total. The molecule has 0 aromatic heterocycles. The molecule has 0 aliphatic heterocycles. The van der Waals surface area contributed by atoms with Crippen LogP contribution in [0, 0.1) is 0 Å². The maximum absolute atomic E-state index is 3.60. The highest BCUT2D eigenvalue weighted by atomic mass is 14.8.